The van der Waals surface area contributed by atoms with E-state index in [0.717, 1.165) is 0 Å². The Hall–Kier alpha value is -1.60. The number of rotatable bonds is 2. The van der Waals surface area contributed by atoms with Crippen LogP contribution in [0, 0.1) is 29.5 Å². The monoisotopic (exact) mass is 252 g/mol. The number of halogens is 2. The highest BCUT2D eigenvalue weighted by atomic mass is 35.5. The van der Waals surface area contributed by atoms with E-state index >= 15 is 0 Å². The molecule has 1 aromatic carbocycles. The van der Waals surface area contributed by atoms with Crippen molar-refractivity contribution in [3.05, 3.63) is 28.5 Å². The van der Waals surface area contributed by atoms with E-state index in [-0.39, 0.29) is 10.7 Å². The topological polar surface area (TPSA) is 52.9 Å². The van der Waals surface area contributed by atoms with Gasteiger partial charge in [0.1, 0.15) is 11.2 Å². The van der Waals surface area contributed by atoms with E-state index in [1.807, 2.05) is 6.07 Å². The van der Waals surface area contributed by atoms with Gasteiger partial charge in [0.25, 0.3) is 0 Å². The molecule has 0 radical (unpaired) electrons. The Labute approximate surface area is 103 Å². The average Bonchev–Trinajstić information content (AvgIpc) is 3.06. The molecule has 3 nitrogen and oxygen atoms in total. The molecule has 0 aromatic heterocycles. The molecular formula is C12H10ClFN2O. The Morgan fingerprint density at radius 1 is 1.59 bits per heavy atom. The first kappa shape index (κ1) is 11.9. The molecule has 0 saturated heterocycles. The zero-order chi connectivity index (χ0) is 12.6. The van der Waals surface area contributed by atoms with Crippen molar-refractivity contribution in [2.24, 2.45) is 5.41 Å². The summed E-state index contributed by atoms with van der Waals surface area (Å²) >= 11 is 5.89. The Balaban J connectivity index is 2.23. The molecule has 0 atom stereocenters. The summed E-state index contributed by atoms with van der Waals surface area (Å²) < 4.78 is 13.3. The molecule has 0 heterocycles. The van der Waals surface area contributed by atoms with Crippen molar-refractivity contribution in [2.45, 2.75) is 19.8 Å². The lowest BCUT2D eigenvalue weighted by Gasteiger charge is -2.10. The van der Waals surface area contributed by atoms with Crippen LogP contribution in [-0.4, -0.2) is 5.91 Å². The molecule has 0 aliphatic heterocycles. The van der Waals surface area contributed by atoms with Crippen LogP contribution in [0.5, 0.6) is 0 Å². The van der Waals surface area contributed by atoms with Crippen LogP contribution in [0.15, 0.2) is 12.1 Å². The Morgan fingerprint density at radius 2 is 2.24 bits per heavy atom. The Bertz CT molecular complexity index is 532. The second-order valence-corrected chi connectivity index (χ2v) is 4.64. The van der Waals surface area contributed by atoms with E-state index < -0.39 is 17.1 Å². The maximum absolute atomic E-state index is 13.3. The van der Waals surface area contributed by atoms with E-state index in [4.69, 9.17) is 16.9 Å². The van der Waals surface area contributed by atoms with Gasteiger partial charge >= 0.3 is 0 Å². The lowest BCUT2D eigenvalue weighted by molar-refractivity contribution is -0.119. The number of aryl methyl sites for hydroxylation is 1. The highest BCUT2D eigenvalue weighted by Gasteiger charge is 2.50. The number of amides is 1. The van der Waals surface area contributed by atoms with Gasteiger partial charge in [0, 0.05) is 0 Å². The fourth-order valence-corrected chi connectivity index (χ4v) is 1.76. The lowest BCUT2D eigenvalue weighted by Crippen LogP contribution is -2.23. The third-order valence-corrected chi connectivity index (χ3v) is 3.21. The standard InChI is InChI=1S/C12H10ClFN2O/c1-7-4-8(13)10(5-9(7)14)16-11(17)12(6-15)2-3-12/h4-5H,2-3H2,1H3,(H,16,17). The van der Waals surface area contributed by atoms with Crippen molar-refractivity contribution < 1.29 is 9.18 Å². The molecule has 1 N–H and O–H groups in total. The fourth-order valence-electron chi connectivity index (χ4n) is 1.50. The molecule has 0 spiro atoms. The minimum Gasteiger partial charge on any atom is -0.323 e. The number of nitrogens with one attached hydrogen (secondary N) is 1. The smallest absolute Gasteiger partial charge is 0.244 e. The van der Waals surface area contributed by atoms with Gasteiger partial charge in [-0.05, 0) is 37.5 Å². The summed E-state index contributed by atoms with van der Waals surface area (Å²) in [5, 5.41) is 11.6. The van der Waals surface area contributed by atoms with Crippen molar-refractivity contribution in [1.82, 2.24) is 0 Å². The molecular weight excluding hydrogens is 243 g/mol. The number of anilines is 1. The summed E-state index contributed by atoms with van der Waals surface area (Å²) in [6, 6.07) is 4.58. The minimum absolute atomic E-state index is 0.210. The zero-order valence-electron chi connectivity index (χ0n) is 9.18. The molecule has 1 aliphatic carbocycles. The highest BCUT2D eigenvalue weighted by molar-refractivity contribution is 6.33. The number of carbonyl (C=O) groups is 1. The number of hydrogen-bond acceptors (Lipinski definition) is 2. The maximum atomic E-state index is 13.3. The summed E-state index contributed by atoms with van der Waals surface area (Å²) in [4.78, 5) is 11.8. The van der Waals surface area contributed by atoms with Gasteiger partial charge in [0.15, 0.2) is 0 Å². The second kappa shape index (κ2) is 4.01. The van der Waals surface area contributed by atoms with E-state index in [1.54, 1.807) is 6.92 Å². The average molecular weight is 253 g/mol. The van der Waals surface area contributed by atoms with Crippen molar-refractivity contribution in [3.63, 3.8) is 0 Å². The van der Waals surface area contributed by atoms with Gasteiger partial charge in [-0.2, -0.15) is 5.26 Å². The molecule has 1 aliphatic rings. The first-order chi connectivity index (χ1) is 7.98. The van der Waals surface area contributed by atoms with Gasteiger partial charge in [0.05, 0.1) is 16.8 Å². The second-order valence-electron chi connectivity index (χ2n) is 4.23. The molecule has 0 bridgehead atoms. The normalized spacial score (nSPS) is 16.1. The van der Waals surface area contributed by atoms with Gasteiger partial charge in [-0.25, -0.2) is 4.39 Å². The highest BCUT2D eigenvalue weighted by Crippen LogP contribution is 2.46. The number of nitrogens with zero attached hydrogens (tertiary/aromatic N) is 1. The van der Waals surface area contributed by atoms with Crippen LogP contribution in [0.25, 0.3) is 0 Å². The largest absolute Gasteiger partial charge is 0.323 e. The van der Waals surface area contributed by atoms with E-state index in [9.17, 15) is 9.18 Å². The molecule has 1 saturated carbocycles. The van der Waals surface area contributed by atoms with Gasteiger partial charge < -0.3 is 5.32 Å². The van der Waals surface area contributed by atoms with Crippen LogP contribution < -0.4 is 5.32 Å². The van der Waals surface area contributed by atoms with Crippen LogP contribution in [0.2, 0.25) is 5.02 Å². The number of hydrogen-bond donors (Lipinski definition) is 1. The first-order valence-corrected chi connectivity index (χ1v) is 5.55. The maximum Gasteiger partial charge on any atom is 0.244 e. The summed E-state index contributed by atoms with van der Waals surface area (Å²) in [6.07, 6.45) is 1.09. The molecule has 1 aromatic rings. The van der Waals surface area contributed by atoms with Crippen molar-refractivity contribution in [3.8, 4) is 6.07 Å². The summed E-state index contributed by atoms with van der Waals surface area (Å²) in [5.41, 5.74) is -0.319. The van der Waals surface area contributed by atoms with E-state index in [0.29, 0.717) is 18.4 Å². The SMILES string of the molecule is Cc1cc(Cl)c(NC(=O)C2(C#N)CC2)cc1F. The Morgan fingerprint density at radius 3 is 2.76 bits per heavy atom. The van der Waals surface area contributed by atoms with Crippen LogP contribution in [0.1, 0.15) is 18.4 Å². The number of benzene rings is 1. The Kier molecular flexibility index (Phi) is 2.80. The fraction of sp³-hybridized carbons (Fsp3) is 0.333. The summed E-state index contributed by atoms with van der Waals surface area (Å²) in [7, 11) is 0. The molecule has 1 amide bonds. The van der Waals surface area contributed by atoms with Crippen LogP contribution >= 0.6 is 11.6 Å². The van der Waals surface area contributed by atoms with E-state index in [1.165, 1.54) is 12.1 Å². The van der Waals surface area contributed by atoms with Gasteiger partial charge in [-0.3, -0.25) is 4.79 Å². The molecule has 0 unspecified atom stereocenters. The third kappa shape index (κ3) is 2.11. The van der Waals surface area contributed by atoms with Gasteiger partial charge in [-0.15, -0.1) is 0 Å². The third-order valence-electron chi connectivity index (χ3n) is 2.90. The van der Waals surface area contributed by atoms with Gasteiger partial charge in [0.2, 0.25) is 5.91 Å². The summed E-state index contributed by atoms with van der Waals surface area (Å²) in [5.74, 6) is -0.850. The molecule has 1 fully saturated rings. The predicted molar refractivity (Wildman–Crippen MR) is 62.1 cm³/mol. The molecule has 5 heteroatoms. The molecule has 2 rings (SSSR count). The predicted octanol–water partition coefficient (Wildman–Crippen LogP) is 3.03. The van der Waals surface area contributed by atoms with Crippen LogP contribution in [0.4, 0.5) is 10.1 Å². The van der Waals surface area contributed by atoms with Gasteiger partial charge in [-0.1, -0.05) is 11.6 Å². The van der Waals surface area contributed by atoms with E-state index in [2.05, 4.69) is 5.32 Å². The summed E-state index contributed by atoms with van der Waals surface area (Å²) in [6.45, 7) is 1.59. The van der Waals surface area contributed by atoms with Crippen molar-refractivity contribution >= 4 is 23.2 Å². The number of carbonyl (C=O) groups excluding carboxylic acids is 1. The van der Waals surface area contributed by atoms with Crippen LogP contribution in [0.3, 0.4) is 0 Å². The molecule has 88 valence electrons. The van der Waals surface area contributed by atoms with Crippen molar-refractivity contribution in [1.29, 1.82) is 5.26 Å². The quantitative estimate of drug-likeness (QED) is 0.880. The minimum atomic E-state index is -0.940. The van der Waals surface area contributed by atoms with Crippen LogP contribution in [-0.2, 0) is 4.79 Å². The first-order valence-electron chi connectivity index (χ1n) is 5.17. The lowest BCUT2D eigenvalue weighted by atomic mass is 10.1. The zero-order valence-corrected chi connectivity index (χ0v) is 9.94. The molecule has 17 heavy (non-hydrogen) atoms. The van der Waals surface area contributed by atoms with Crippen molar-refractivity contribution in [2.75, 3.05) is 5.32 Å². The number of nitriles is 1.